The molecule has 39 atom stereocenters. The van der Waals surface area contributed by atoms with Crippen LogP contribution in [0.2, 0.25) is 36.3 Å². The molecule has 24 rings (SSSR count). The molecule has 4 saturated heterocycles. The fraction of sp³-hybridized carbons (Fsp3) is 0.870. The number of carbonyl (C=O) groups is 6. The number of fused-ring (bicyclic) bond motifs is 37. The standard InChI is InChI=1S/C32H57O7PSi.C28H46O4Si.C22H32O4.C22H30O4.C19H26O4/c1-12-34-40(33,35-13-2)38-21-16-18-31(8)23-17-19-32(9)22(14-15-25(32)39-41(10,11)29(3,4)5)26(23)28-27(24(31)20-21)36-30(6,7)37-28;1-25(2,3)33(8,9)32-21-11-10-18-22-19(13-15-28(18,21)7)27(6)14-12-17(29)16-20(27)23-24(22)31-26(4,5)30-23;2*1-20(2)25-18-15-11-12(23)7-9-21(15,3)14-8-10-22(4)13(5-6-16(22)24)17(14)19(18)26-20;1-18-7-5-10(20)9-13(18)16(22)17(23)15-11-3-4-14(21)19(11,2)8-6-12(15)18/h20,22-28H,12-19H2,1-11H3;16,18-19,21-24H,10-15H2,1-9H3;11,13-14,16-19,24H,5-10H2,1-4H3;11,13-14,17-19H,5-10H2,1-4H3;9,11-12,15-17,22-23H,3-8H2,1-2H3/t22?,23?,24-,25+,26?,27-,28-,31-,32+;18?,19?,21-,22?,23+,24+,27+,28-;13?,14?,16-,17?,18+,19+,21+,22-;13?,14?,17?,18-,19-,21-,22+;11?,12?,15?,16-,17-,18-,19+/m10011/s1. The Hall–Kier alpha value is -3.42. The Morgan fingerprint density at radius 3 is 1.06 bits per heavy atom. The second-order valence-corrected chi connectivity index (χ2v) is 70.5. The van der Waals surface area contributed by atoms with Gasteiger partial charge < -0.3 is 66.6 Å². The molecule has 4 heterocycles. The van der Waals surface area contributed by atoms with E-state index in [-0.39, 0.29) is 179 Å². The molecule has 15 unspecified atom stereocenters. The summed E-state index contributed by atoms with van der Waals surface area (Å²) in [6.45, 7) is 67.3. The van der Waals surface area contributed by atoms with E-state index in [1.807, 2.05) is 59.8 Å². The van der Waals surface area contributed by atoms with E-state index in [0.29, 0.717) is 139 Å². The molecule has 3 N–H and O–H groups in total. The lowest BCUT2D eigenvalue weighted by Gasteiger charge is -2.62. The van der Waals surface area contributed by atoms with E-state index >= 15 is 0 Å². The molecule has 0 aromatic carbocycles. The Labute approximate surface area is 894 Å². The molecule has 0 aromatic heterocycles. The van der Waals surface area contributed by atoms with Crippen LogP contribution in [0.4, 0.5) is 0 Å². The molecule has 0 bridgehead atoms. The summed E-state index contributed by atoms with van der Waals surface area (Å²) in [5, 5.41) is 32.7. The zero-order valence-corrected chi connectivity index (χ0v) is 99.6. The molecule has 26 heteroatoms. The first kappa shape index (κ1) is 112. The van der Waals surface area contributed by atoms with Gasteiger partial charge in [0.1, 0.15) is 41.7 Å². The highest BCUT2D eigenvalue weighted by Gasteiger charge is 2.75. The highest BCUT2D eigenvalue weighted by Crippen LogP contribution is 2.76. The van der Waals surface area contributed by atoms with E-state index in [9.17, 15) is 48.7 Å². The van der Waals surface area contributed by atoms with Crippen LogP contribution in [-0.2, 0) is 93.7 Å². The molecule has 149 heavy (non-hydrogen) atoms. The number of aliphatic hydroxyl groups is 3. The van der Waals surface area contributed by atoms with Crippen LogP contribution < -0.4 is 0 Å². The minimum atomic E-state index is -3.65. The number of allylic oxidation sites excluding steroid dienone is 1. The van der Waals surface area contributed by atoms with Gasteiger partial charge in [0.25, 0.3) is 0 Å². The van der Waals surface area contributed by atoms with Gasteiger partial charge in [0.15, 0.2) is 62.9 Å². The summed E-state index contributed by atoms with van der Waals surface area (Å²) in [6.07, 6.45) is 36.1. The van der Waals surface area contributed by atoms with E-state index in [2.05, 4.69) is 157 Å². The topological polar surface area (TPSA) is 300 Å². The number of carbonyl (C=O) groups excluding carboxylic acids is 6. The molecule has 4 aliphatic heterocycles. The third-order valence-electron chi connectivity index (χ3n) is 48.1. The average Bonchev–Trinajstić information content (AvgIpc) is 1.57. The third kappa shape index (κ3) is 18.1. The number of hydrogen-bond acceptors (Lipinski definition) is 23. The van der Waals surface area contributed by atoms with Crippen LogP contribution in [0.3, 0.4) is 0 Å². The van der Waals surface area contributed by atoms with Gasteiger partial charge in [-0.15, -0.1) is 0 Å². The van der Waals surface area contributed by atoms with Gasteiger partial charge in [-0.3, -0.25) is 37.8 Å². The summed E-state index contributed by atoms with van der Waals surface area (Å²) in [4.78, 5) is 73.9. The molecule has 19 fully saturated rings. The van der Waals surface area contributed by atoms with Gasteiger partial charge in [-0.2, -0.15) is 0 Å². The SMILES string of the molecule is CC1(C)O[C@@H]2C3=CC(=O)CC[C@]3(C)C3CC[C@@]4(C)C(CC[C@@H]4O)C3[C@H]2O1.CC1(C)O[C@@H]2C3=CC(=O)CC[C@]3(C)C3CC[C@@]4(C)C(CC[C@@H]4O[Si](C)(C)C(C)(C)C)C3[C@H]2O1.CC1(C)O[C@@H]2C3=CC(=O)CC[C@]3(C)C3CC[C@]4(C)C(=O)CCC4C3[C@H]2O1.CCOP(=O)(OCC)OC1=C[C@@H]2[C@H]3OC(C)(C)O[C@@H]3C3C4CC[C@H](O[Si](C)(C)C(C)(C)C)[C@@]4(C)CCC3[C@@]2(C)CC1.C[C@]12CCC(=O)C=C1[C@@H](O)[C@H](O)C1C2CC[C@]2(C)C(=O)CCC12. The number of phosphoric acid groups is 1. The summed E-state index contributed by atoms with van der Waals surface area (Å²) in [5.41, 5.74) is 4.04. The van der Waals surface area contributed by atoms with Crippen LogP contribution in [0.5, 0.6) is 0 Å². The number of rotatable bonds is 10. The van der Waals surface area contributed by atoms with Crippen LogP contribution in [0.1, 0.15) is 373 Å². The van der Waals surface area contributed by atoms with Crippen molar-refractivity contribution in [3.05, 3.63) is 58.4 Å². The molecule has 0 radical (unpaired) electrons. The van der Waals surface area contributed by atoms with Crippen molar-refractivity contribution in [1.29, 1.82) is 0 Å². The lowest BCUT2D eigenvalue weighted by Crippen LogP contribution is -2.62. The molecule has 24 aliphatic rings. The summed E-state index contributed by atoms with van der Waals surface area (Å²) in [5.74, 6) is 5.99. The zero-order valence-electron chi connectivity index (χ0n) is 96.7. The van der Waals surface area contributed by atoms with Gasteiger partial charge in [-0.1, -0.05) is 111 Å². The van der Waals surface area contributed by atoms with Crippen molar-refractivity contribution in [3.63, 3.8) is 0 Å². The predicted octanol–water partition coefficient (Wildman–Crippen LogP) is 25.0. The highest BCUT2D eigenvalue weighted by atomic mass is 31.2. The maximum Gasteiger partial charge on any atom is 0.529 e. The summed E-state index contributed by atoms with van der Waals surface area (Å²) in [7, 11) is -7.38. The van der Waals surface area contributed by atoms with Crippen LogP contribution in [0, 0.1) is 149 Å². The highest BCUT2D eigenvalue weighted by molar-refractivity contribution is 7.48. The summed E-state index contributed by atoms with van der Waals surface area (Å²) >= 11 is 0. The average molecular weight is 2130 g/mol. The molecule has 0 amide bonds. The van der Waals surface area contributed by atoms with Gasteiger partial charge in [0.05, 0.1) is 68.1 Å². The first-order valence-corrected chi connectivity index (χ1v) is 66.5. The van der Waals surface area contributed by atoms with Crippen LogP contribution in [0.25, 0.3) is 0 Å². The minimum absolute atomic E-state index is 0.00348. The Morgan fingerprint density at radius 2 is 0.651 bits per heavy atom. The minimum Gasteiger partial charge on any atom is -0.413 e. The van der Waals surface area contributed by atoms with Gasteiger partial charge >= 0.3 is 7.82 Å². The molecule has 0 aromatic rings. The number of ketones is 6. The zero-order chi connectivity index (χ0) is 108. The number of Topliss-reactive ketones (excluding diaryl/α,β-unsaturated/α-hetero) is 2. The second-order valence-electron chi connectivity index (χ2n) is 59.4. The van der Waals surface area contributed by atoms with E-state index < -0.39 is 59.8 Å². The molecule has 0 spiro atoms. The van der Waals surface area contributed by atoms with Gasteiger partial charge in [0, 0.05) is 61.7 Å². The Morgan fingerprint density at radius 1 is 0.336 bits per heavy atom. The Kier molecular flexibility index (Phi) is 28.5. The third-order valence-corrected chi connectivity index (χ3v) is 58.7. The number of aliphatic hydroxyl groups excluding tert-OH is 3. The fourth-order valence-corrected chi connectivity index (χ4v) is 42.3. The predicted molar refractivity (Wildman–Crippen MR) is 575 cm³/mol. The van der Waals surface area contributed by atoms with Crippen LogP contribution in [-0.4, -0.2) is 182 Å². The van der Waals surface area contributed by atoms with E-state index in [1.165, 1.54) is 55.2 Å². The maximum atomic E-state index is 13.3. The molecule has 20 aliphatic carbocycles. The van der Waals surface area contributed by atoms with Crippen molar-refractivity contribution in [2.45, 2.75) is 511 Å². The molecule has 15 saturated carbocycles. The van der Waals surface area contributed by atoms with Crippen molar-refractivity contribution in [2.75, 3.05) is 13.2 Å². The van der Waals surface area contributed by atoms with Crippen molar-refractivity contribution in [1.82, 2.24) is 0 Å². The smallest absolute Gasteiger partial charge is 0.413 e. The Balaban J connectivity index is 0.000000114. The van der Waals surface area contributed by atoms with Crippen molar-refractivity contribution >= 4 is 59.2 Å². The first-order chi connectivity index (χ1) is 69.1. The van der Waals surface area contributed by atoms with Gasteiger partial charge in [-0.05, 0) is 438 Å². The summed E-state index contributed by atoms with van der Waals surface area (Å²) < 4.78 is 97.1. The second kappa shape index (κ2) is 37.9. The molecule has 834 valence electrons. The van der Waals surface area contributed by atoms with E-state index in [1.54, 1.807) is 19.9 Å². The lowest BCUT2D eigenvalue weighted by molar-refractivity contribution is -0.171. The van der Waals surface area contributed by atoms with Crippen LogP contribution in [0.15, 0.2) is 58.4 Å². The van der Waals surface area contributed by atoms with E-state index in [0.717, 1.165) is 121 Å². The summed E-state index contributed by atoms with van der Waals surface area (Å²) in [6, 6.07) is 0. The van der Waals surface area contributed by atoms with Gasteiger partial charge in [0.2, 0.25) is 0 Å². The largest absolute Gasteiger partial charge is 0.529 e. The lowest BCUT2D eigenvalue weighted by atomic mass is 9.44. The number of hydrogen-bond donors (Lipinski definition) is 3. The normalized spacial score (nSPS) is 48.7. The quantitative estimate of drug-likeness (QED) is 0.135. The molecular formula is C123H191O23PSi2. The molecular weight excluding hydrogens is 1930 g/mol. The van der Waals surface area contributed by atoms with E-state index in [4.69, 9.17) is 60.3 Å². The monoisotopic (exact) mass is 2120 g/mol. The van der Waals surface area contributed by atoms with Gasteiger partial charge in [-0.25, -0.2) is 4.57 Å². The first-order valence-electron chi connectivity index (χ1n) is 59.3. The maximum absolute atomic E-state index is 13.3. The molecule has 23 nitrogen and oxygen atoms in total. The van der Waals surface area contributed by atoms with Crippen LogP contribution >= 0.6 is 7.82 Å². The van der Waals surface area contributed by atoms with Crippen molar-refractivity contribution in [2.24, 2.45) is 149 Å². The fourth-order valence-electron chi connectivity index (χ4n) is 38.2. The number of phosphoric ester groups is 1. The Bertz CT molecular complexity index is 5450. The van der Waals surface area contributed by atoms with Crippen molar-refractivity contribution < 1.29 is 109 Å². The number of ether oxygens (including phenoxy) is 8. The van der Waals surface area contributed by atoms with Crippen molar-refractivity contribution in [3.8, 4) is 0 Å².